The Labute approximate surface area is 60.2 Å². The Hall–Kier alpha value is -0.610. The number of likely N-dealkylation sites (tertiary alicyclic amines) is 1. The SMILES string of the molecule is CC(=O)N1CCC(N)(N)C1. The van der Waals surface area contributed by atoms with Crippen LogP contribution in [0.1, 0.15) is 13.3 Å². The number of nitrogens with two attached hydrogens (primary N) is 2. The number of hydrogen-bond acceptors (Lipinski definition) is 3. The summed E-state index contributed by atoms with van der Waals surface area (Å²) in [6, 6.07) is 0. The average molecular weight is 143 g/mol. The van der Waals surface area contributed by atoms with E-state index in [4.69, 9.17) is 11.5 Å². The van der Waals surface area contributed by atoms with Crippen molar-refractivity contribution in [3.8, 4) is 0 Å². The molecule has 0 aromatic heterocycles. The summed E-state index contributed by atoms with van der Waals surface area (Å²) in [5.74, 6) is 0.0535. The first-order valence-electron chi connectivity index (χ1n) is 3.34. The quantitative estimate of drug-likeness (QED) is 0.421. The topological polar surface area (TPSA) is 72.3 Å². The molecule has 0 atom stereocenters. The van der Waals surface area contributed by atoms with Crippen molar-refractivity contribution in [2.45, 2.75) is 19.0 Å². The van der Waals surface area contributed by atoms with Crippen LogP contribution in [0, 0.1) is 0 Å². The summed E-state index contributed by atoms with van der Waals surface area (Å²) in [4.78, 5) is 12.4. The third kappa shape index (κ3) is 1.46. The van der Waals surface area contributed by atoms with Crippen LogP contribution >= 0.6 is 0 Å². The Bertz CT molecular complexity index is 155. The number of nitrogens with zero attached hydrogens (tertiary/aromatic N) is 1. The van der Waals surface area contributed by atoms with E-state index in [1.54, 1.807) is 4.90 Å². The molecule has 0 aromatic carbocycles. The van der Waals surface area contributed by atoms with Crippen LogP contribution in [0.15, 0.2) is 0 Å². The lowest BCUT2D eigenvalue weighted by atomic mass is 10.2. The van der Waals surface area contributed by atoms with Gasteiger partial charge in [-0.3, -0.25) is 4.79 Å². The lowest BCUT2D eigenvalue weighted by Gasteiger charge is -2.18. The third-order valence-electron chi connectivity index (χ3n) is 1.78. The van der Waals surface area contributed by atoms with Gasteiger partial charge in [0.2, 0.25) is 5.91 Å². The average Bonchev–Trinajstić information content (AvgIpc) is 2.10. The molecule has 0 aliphatic carbocycles. The molecular weight excluding hydrogens is 130 g/mol. The molecule has 0 radical (unpaired) electrons. The molecule has 4 N–H and O–H groups in total. The highest BCUT2D eigenvalue weighted by atomic mass is 16.2. The number of carbonyl (C=O) groups excluding carboxylic acids is 1. The molecule has 1 saturated heterocycles. The molecule has 1 aliphatic rings. The van der Waals surface area contributed by atoms with Crippen LogP contribution < -0.4 is 11.5 Å². The van der Waals surface area contributed by atoms with Crippen LogP contribution in [0.3, 0.4) is 0 Å². The summed E-state index contributed by atoms with van der Waals surface area (Å²) < 4.78 is 0. The summed E-state index contributed by atoms with van der Waals surface area (Å²) in [7, 11) is 0. The lowest BCUT2D eigenvalue weighted by molar-refractivity contribution is -0.127. The van der Waals surface area contributed by atoms with Gasteiger partial charge in [-0.2, -0.15) is 0 Å². The second-order valence-corrected chi connectivity index (χ2v) is 2.92. The molecule has 1 fully saturated rings. The van der Waals surface area contributed by atoms with E-state index in [9.17, 15) is 4.79 Å². The van der Waals surface area contributed by atoms with Crippen molar-refractivity contribution in [2.75, 3.05) is 13.1 Å². The van der Waals surface area contributed by atoms with Crippen molar-refractivity contribution in [3.05, 3.63) is 0 Å². The number of hydrogen-bond donors (Lipinski definition) is 2. The fourth-order valence-corrected chi connectivity index (χ4v) is 1.13. The monoisotopic (exact) mass is 143 g/mol. The molecule has 4 nitrogen and oxygen atoms in total. The van der Waals surface area contributed by atoms with Crippen LogP contribution in [0.25, 0.3) is 0 Å². The van der Waals surface area contributed by atoms with Gasteiger partial charge in [0, 0.05) is 13.5 Å². The molecule has 0 aromatic rings. The van der Waals surface area contributed by atoms with E-state index in [0.29, 0.717) is 19.5 Å². The first-order chi connectivity index (χ1) is 4.51. The van der Waals surface area contributed by atoms with Crippen molar-refractivity contribution in [1.29, 1.82) is 0 Å². The summed E-state index contributed by atoms with van der Waals surface area (Å²) in [6.07, 6.45) is 0.701. The maximum atomic E-state index is 10.7. The Morgan fingerprint density at radius 1 is 1.60 bits per heavy atom. The second kappa shape index (κ2) is 2.21. The normalized spacial score (nSPS) is 23.3. The van der Waals surface area contributed by atoms with E-state index in [1.807, 2.05) is 0 Å². The molecule has 10 heavy (non-hydrogen) atoms. The van der Waals surface area contributed by atoms with Gasteiger partial charge in [0.05, 0.1) is 12.2 Å². The lowest BCUT2D eigenvalue weighted by Crippen LogP contribution is -2.51. The molecule has 0 unspecified atom stereocenters. The van der Waals surface area contributed by atoms with E-state index in [0.717, 1.165) is 0 Å². The van der Waals surface area contributed by atoms with Gasteiger partial charge in [-0.25, -0.2) is 0 Å². The van der Waals surface area contributed by atoms with Gasteiger partial charge >= 0.3 is 0 Å². The van der Waals surface area contributed by atoms with Gasteiger partial charge in [-0.05, 0) is 6.42 Å². The minimum atomic E-state index is -0.647. The number of carbonyl (C=O) groups is 1. The molecule has 4 heteroatoms. The minimum absolute atomic E-state index is 0.0535. The molecule has 0 saturated carbocycles. The van der Waals surface area contributed by atoms with Crippen molar-refractivity contribution in [1.82, 2.24) is 4.90 Å². The van der Waals surface area contributed by atoms with Crippen molar-refractivity contribution < 1.29 is 4.79 Å². The van der Waals surface area contributed by atoms with Gasteiger partial charge in [0.15, 0.2) is 0 Å². The van der Waals surface area contributed by atoms with Crippen LogP contribution in [-0.2, 0) is 4.79 Å². The fourth-order valence-electron chi connectivity index (χ4n) is 1.13. The van der Waals surface area contributed by atoms with Crippen LogP contribution in [0.2, 0.25) is 0 Å². The zero-order valence-electron chi connectivity index (χ0n) is 6.13. The Kier molecular flexibility index (Phi) is 1.66. The summed E-state index contributed by atoms with van der Waals surface area (Å²) in [5.41, 5.74) is 10.5. The molecule has 0 bridgehead atoms. The van der Waals surface area contributed by atoms with Gasteiger partial charge < -0.3 is 16.4 Å². The van der Waals surface area contributed by atoms with Gasteiger partial charge in [-0.1, -0.05) is 0 Å². The Balaban J connectivity index is 2.51. The van der Waals surface area contributed by atoms with Crippen LogP contribution in [0.5, 0.6) is 0 Å². The fraction of sp³-hybridized carbons (Fsp3) is 0.833. The van der Waals surface area contributed by atoms with E-state index in [2.05, 4.69) is 0 Å². The predicted molar refractivity (Wildman–Crippen MR) is 38.0 cm³/mol. The summed E-state index contributed by atoms with van der Waals surface area (Å²) in [6.45, 7) is 2.71. The summed E-state index contributed by atoms with van der Waals surface area (Å²) >= 11 is 0. The van der Waals surface area contributed by atoms with E-state index >= 15 is 0 Å². The second-order valence-electron chi connectivity index (χ2n) is 2.92. The van der Waals surface area contributed by atoms with Crippen LogP contribution in [0.4, 0.5) is 0 Å². The molecule has 0 spiro atoms. The standard InChI is InChI=1S/C6H13N3O/c1-5(10)9-3-2-6(7,8)4-9/h2-4,7-8H2,1H3. The molecule has 1 amide bonds. The van der Waals surface area contributed by atoms with Gasteiger partial charge in [0.25, 0.3) is 0 Å². The highest BCUT2D eigenvalue weighted by Crippen LogP contribution is 2.12. The van der Waals surface area contributed by atoms with Gasteiger partial charge in [-0.15, -0.1) is 0 Å². The number of rotatable bonds is 0. The maximum absolute atomic E-state index is 10.7. The first-order valence-corrected chi connectivity index (χ1v) is 3.34. The zero-order chi connectivity index (χ0) is 7.78. The third-order valence-corrected chi connectivity index (χ3v) is 1.78. The highest BCUT2D eigenvalue weighted by molar-refractivity contribution is 5.73. The highest BCUT2D eigenvalue weighted by Gasteiger charge is 2.31. The molecule has 1 heterocycles. The van der Waals surface area contributed by atoms with Crippen molar-refractivity contribution in [3.63, 3.8) is 0 Å². The molecule has 1 rings (SSSR count). The predicted octanol–water partition coefficient (Wildman–Crippen LogP) is -1.15. The smallest absolute Gasteiger partial charge is 0.219 e. The van der Waals surface area contributed by atoms with Gasteiger partial charge in [0.1, 0.15) is 0 Å². The first kappa shape index (κ1) is 7.50. The van der Waals surface area contributed by atoms with Crippen molar-refractivity contribution in [2.24, 2.45) is 11.5 Å². The molecule has 1 aliphatic heterocycles. The molecular formula is C6H13N3O. The largest absolute Gasteiger partial charge is 0.340 e. The van der Waals surface area contributed by atoms with E-state index < -0.39 is 5.66 Å². The summed E-state index contributed by atoms with van der Waals surface area (Å²) in [5, 5.41) is 0. The number of amides is 1. The van der Waals surface area contributed by atoms with Crippen LogP contribution in [-0.4, -0.2) is 29.6 Å². The maximum Gasteiger partial charge on any atom is 0.219 e. The van der Waals surface area contributed by atoms with E-state index in [1.165, 1.54) is 6.92 Å². The molecule has 58 valence electrons. The minimum Gasteiger partial charge on any atom is -0.340 e. The van der Waals surface area contributed by atoms with E-state index in [-0.39, 0.29) is 5.91 Å². The Morgan fingerprint density at radius 2 is 2.20 bits per heavy atom. The van der Waals surface area contributed by atoms with Crippen molar-refractivity contribution >= 4 is 5.91 Å². The Morgan fingerprint density at radius 3 is 2.40 bits per heavy atom. The zero-order valence-corrected chi connectivity index (χ0v) is 6.13.